The molecule has 3 aromatic rings. The van der Waals surface area contributed by atoms with E-state index >= 15 is 0 Å². The number of hydrogen-bond acceptors (Lipinski definition) is 3. The van der Waals surface area contributed by atoms with Crippen molar-refractivity contribution in [1.82, 2.24) is 18.7 Å². The van der Waals surface area contributed by atoms with E-state index in [2.05, 4.69) is 11.7 Å². The van der Waals surface area contributed by atoms with Crippen LogP contribution in [0.2, 0.25) is 5.02 Å². The monoisotopic (exact) mass is 302 g/mol. The van der Waals surface area contributed by atoms with Crippen LogP contribution in [0.3, 0.4) is 0 Å². The van der Waals surface area contributed by atoms with E-state index < -0.39 is 0 Å². The molecule has 0 saturated heterocycles. The number of halogens is 1. The number of aromatic nitrogens is 4. The summed E-state index contributed by atoms with van der Waals surface area (Å²) in [5.41, 5.74) is -0.0926. The first kappa shape index (κ1) is 13.4. The molecule has 6 nitrogen and oxygen atoms in total. The zero-order valence-corrected chi connectivity index (χ0v) is 11.7. The average molecular weight is 303 g/mol. The highest BCUT2D eigenvalue weighted by Crippen LogP contribution is 2.13. The van der Waals surface area contributed by atoms with Crippen LogP contribution in [0.5, 0.6) is 0 Å². The van der Waals surface area contributed by atoms with E-state index in [4.69, 9.17) is 11.6 Å². The molecule has 0 fully saturated rings. The van der Waals surface area contributed by atoms with Gasteiger partial charge in [-0.15, -0.1) is 11.7 Å². The van der Waals surface area contributed by atoms with E-state index in [1.807, 2.05) is 0 Å². The van der Waals surface area contributed by atoms with E-state index in [-0.39, 0.29) is 23.4 Å². The third-order valence-electron chi connectivity index (χ3n) is 3.03. The van der Waals surface area contributed by atoms with Gasteiger partial charge < -0.3 is 0 Å². The highest BCUT2D eigenvalue weighted by molar-refractivity contribution is 6.30. The second-order valence-electron chi connectivity index (χ2n) is 4.40. The van der Waals surface area contributed by atoms with E-state index in [0.717, 1.165) is 0 Å². The Labute approximate surface area is 124 Å². The van der Waals surface area contributed by atoms with Crippen molar-refractivity contribution in [2.75, 3.05) is 0 Å². The minimum Gasteiger partial charge on any atom is -0.280 e. The summed E-state index contributed by atoms with van der Waals surface area (Å²) in [6.07, 6.45) is 4.57. The van der Waals surface area contributed by atoms with Crippen LogP contribution in [0.15, 0.2) is 58.9 Å². The van der Waals surface area contributed by atoms with Gasteiger partial charge in [-0.1, -0.05) is 23.7 Å². The van der Waals surface area contributed by atoms with Crippen LogP contribution in [0, 0.1) is 0 Å². The first-order chi connectivity index (χ1) is 10.1. The summed E-state index contributed by atoms with van der Waals surface area (Å²) >= 11 is 5.93. The van der Waals surface area contributed by atoms with Crippen LogP contribution in [0.4, 0.5) is 0 Å². The molecule has 0 amide bonds. The molecule has 0 atom stereocenters. The van der Waals surface area contributed by atoms with Crippen molar-refractivity contribution in [3.8, 4) is 5.69 Å². The lowest BCUT2D eigenvalue weighted by molar-refractivity contribution is 0.673. The van der Waals surface area contributed by atoms with Gasteiger partial charge >= 0.3 is 11.2 Å². The summed E-state index contributed by atoms with van der Waals surface area (Å²) in [4.78, 5) is 24.5. The molecule has 7 heteroatoms. The normalized spacial score (nSPS) is 10.9. The Kier molecular flexibility index (Phi) is 3.23. The second kappa shape index (κ2) is 5.06. The topological polar surface area (TPSA) is 61.3 Å². The van der Waals surface area contributed by atoms with Crippen molar-refractivity contribution >= 4 is 17.2 Å². The molecule has 106 valence electrons. The molecular weight excluding hydrogens is 292 g/mol. The lowest BCUT2D eigenvalue weighted by Crippen LogP contribution is -2.23. The molecule has 0 N–H and O–H groups in total. The maximum Gasteiger partial charge on any atom is 0.350 e. The number of fused-ring (bicyclic) bond motifs is 1. The van der Waals surface area contributed by atoms with E-state index in [1.165, 1.54) is 26.0 Å². The molecule has 0 aliphatic heterocycles. The Morgan fingerprint density at radius 2 is 2.10 bits per heavy atom. The third-order valence-corrected chi connectivity index (χ3v) is 3.27. The van der Waals surface area contributed by atoms with Crippen LogP contribution < -0.4 is 11.2 Å². The fraction of sp³-hybridized carbons (Fsp3) is 0.0714. The quantitative estimate of drug-likeness (QED) is 0.689. The Morgan fingerprint density at radius 3 is 2.81 bits per heavy atom. The highest BCUT2D eigenvalue weighted by atomic mass is 35.5. The van der Waals surface area contributed by atoms with Gasteiger partial charge in [-0.3, -0.25) is 9.36 Å². The molecule has 0 aliphatic carbocycles. The van der Waals surface area contributed by atoms with Crippen LogP contribution in [0.1, 0.15) is 0 Å². The molecule has 0 saturated carbocycles. The van der Waals surface area contributed by atoms with Gasteiger partial charge in [0.15, 0.2) is 0 Å². The van der Waals surface area contributed by atoms with Crippen LogP contribution >= 0.6 is 11.6 Å². The number of nitrogens with zero attached hydrogens (tertiary/aromatic N) is 4. The van der Waals surface area contributed by atoms with Gasteiger partial charge in [0.1, 0.15) is 0 Å². The van der Waals surface area contributed by atoms with Gasteiger partial charge in [0.2, 0.25) is 5.65 Å². The second-order valence-corrected chi connectivity index (χ2v) is 4.84. The average Bonchev–Trinajstić information content (AvgIpc) is 2.78. The van der Waals surface area contributed by atoms with Gasteiger partial charge in [-0.25, -0.2) is 13.9 Å². The fourth-order valence-corrected chi connectivity index (χ4v) is 2.26. The molecule has 0 radical (unpaired) electrons. The first-order valence-corrected chi connectivity index (χ1v) is 6.57. The van der Waals surface area contributed by atoms with Gasteiger partial charge in [-0.05, 0) is 18.2 Å². The van der Waals surface area contributed by atoms with Crippen LogP contribution in [-0.4, -0.2) is 18.7 Å². The maximum atomic E-state index is 12.5. The predicted molar refractivity (Wildman–Crippen MR) is 80.3 cm³/mol. The number of hydrogen-bond donors (Lipinski definition) is 0. The summed E-state index contributed by atoms with van der Waals surface area (Å²) in [5, 5.41) is 4.56. The predicted octanol–water partition coefficient (Wildman–Crippen LogP) is 1.49. The van der Waals surface area contributed by atoms with E-state index in [1.54, 1.807) is 30.3 Å². The van der Waals surface area contributed by atoms with Crippen LogP contribution in [-0.2, 0) is 6.54 Å². The Bertz CT molecular complexity index is 951. The third kappa shape index (κ3) is 2.19. The maximum absolute atomic E-state index is 12.5. The summed E-state index contributed by atoms with van der Waals surface area (Å²) in [6.45, 7) is 3.80. The summed E-state index contributed by atoms with van der Waals surface area (Å²) in [5.74, 6) is 0. The van der Waals surface area contributed by atoms with Crippen LogP contribution in [0.25, 0.3) is 11.3 Å². The Balaban J connectivity index is 2.28. The minimum atomic E-state index is -0.389. The lowest BCUT2D eigenvalue weighted by atomic mass is 10.3. The van der Waals surface area contributed by atoms with Crippen molar-refractivity contribution in [2.45, 2.75) is 6.54 Å². The molecule has 0 bridgehead atoms. The molecule has 21 heavy (non-hydrogen) atoms. The number of allylic oxidation sites excluding steroid dienone is 1. The number of benzene rings is 1. The van der Waals surface area contributed by atoms with Crippen molar-refractivity contribution in [3.05, 3.63) is 75.2 Å². The standard InChI is InChI=1S/C14H11ClN4O2/c1-2-6-19-14(21)18-8-7-17(13(20)12(18)16-19)11-5-3-4-10(15)9-11/h2-5,7-9H,1,6H2. The minimum absolute atomic E-state index is 0.0596. The molecule has 3 rings (SSSR count). The molecule has 0 spiro atoms. The van der Waals surface area contributed by atoms with Gasteiger partial charge in [0.25, 0.3) is 0 Å². The van der Waals surface area contributed by atoms with E-state index in [0.29, 0.717) is 10.7 Å². The van der Waals surface area contributed by atoms with Crippen molar-refractivity contribution in [2.24, 2.45) is 0 Å². The largest absolute Gasteiger partial charge is 0.350 e. The molecule has 1 aromatic carbocycles. The van der Waals surface area contributed by atoms with E-state index in [9.17, 15) is 9.59 Å². The zero-order chi connectivity index (χ0) is 15.0. The molecular formula is C14H11ClN4O2. The van der Waals surface area contributed by atoms with Gasteiger partial charge in [0, 0.05) is 17.4 Å². The molecule has 0 unspecified atom stereocenters. The van der Waals surface area contributed by atoms with Crippen molar-refractivity contribution in [3.63, 3.8) is 0 Å². The SMILES string of the molecule is C=CCn1nc2c(=O)n(-c3cccc(Cl)c3)ccn2c1=O. The molecule has 0 aliphatic rings. The fourth-order valence-electron chi connectivity index (χ4n) is 2.08. The first-order valence-electron chi connectivity index (χ1n) is 6.19. The highest BCUT2D eigenvalue weighted by Gasteiger charge is 2.11. The zero-order valence-electron chi connectivity index (χ0n) is 10.9. The van der Waals surface area contributed by atoms with Gasteiger partial charge in [0.05, 0.1) is 12.2 Å². The smallest absolute Gasteiger partial charge is 0.280 e. The molecule has 2 heterocycles. The van der Waals surface area contributed by atoms with Crippen molar-refractivity contribution in [1.29, 1.82) is 0 Å². The Morgan fingerprint density at radius 1 is 1.29 bits per heavy atom. The van der Waals surface area contributed by atoms with Gasteiger partial charge in [-0.2, -0.15) is 0 Å². The lowest BCUT2D eigenvalue weighted by Gasteiger charge is -2.05. The number of rotatable bonds is 3. The molecule has 2 aromatic heterocycles. The van der Waals surface area contributed by atoms with Crippen molar-refractivity contribution < 1.29 is 0 Å². The Hall–Kier alpha value is -2.60. The summed E-state index contributed by atoms with van der Waals surface area (Å²) in [6, 6.07) is 6.88. The summed E-state index contributed by atoms with van der Waals surface area (Å²) < 4.78 is 3.80. The summed E-state index contributed by atoms with van der Waals surface area (Å²) in [7, 11) is 0.